The fourth-order valence-electron chi connectivity index (χ4n) is 1.61. The van der Waals surface area contributed by atoms with Crippen LogP contribution in [0.4, 0.5) is 4.39 Å². The average Bonchev–Trinajstić information content (AvgIpc) is 2.99. The van der Waals surface area contributed by atoms with Crippen molar-refractivity contribution in [3.8, 4) is 11.8 Å². The molecule has 0 aliphatic carbocycles. The van der Waals surface area contributed by atoms with Crippen LogP contribution in [0.25, 0.3) is 0 Å². The van der Waals surface area contributed by atoms with Gasteiger partial charge in [-0.15, -0.1) is 10.2 Å². The number of nitrogens with one attached hydrogen (secondary N) is 2. The molecule has 1 amide bonds. The molecule has 0 spiro atoms. The molecule has 0 saturated carbocycles. The van der Waals surface area contributed by atoms with Gasteiger partial charge in [0.1, 0.15) is 12.4 Å². The number of aliphatic hydroxyl groups excluding tert-OH is 1. The third-order valence-corrected chi connectivity index (χ3v) is 2.62. The smallest absolute Gasteiger partial charge is 0.254 e. The second-order valence-corrected chi connectivity index (χ2v) is 4.12. The molecule has 108 valence electrons. The molecule has 8 heteroatoms. The van der Waals surface area contributed by atoms with E-state index in [-0.39, 0.29) is 12.2 Å². The summed E-state index contributed by atoms with van der Waals surface area (Å²) in [5.41, 5.74) is 0.268. The summed E-state index contributed by atoms with van der Waals surface area (Å²) in [6.45, 7) is 1.34. The Morgan fingerprint density at radius 1 is 1.57 bits per heavy atom. The summed E-state index contributed by atoms with van der Waals surface area (Å²) >= 11 is 0. The van der Waals surface area contributed by atoms with E-state index in [9.17, 15) is 9.18 Å². The molecule has 1 atom stereocenters. The highest BCUT2D eigenvalue weighted by Crippen LogP contribution is 2.12. The van der Waals surface area contributed by atoms with Crippen LogP contribution in [0.1, 0.15) is 34.7 Å². The molecule has 2 rings (SSSR count). The van der Waals surface area contributed by atoms with E-state index in [0.29, 0.717) is 11.4 Å². The molecule has 0 aliphatic rings. The highest BCUT2D eigenvalue weighted by molar-refractivity contribution is 5.94. The Bertz CT molecular complexity index is 690. The highest BCUT2D eigenvalue weighted by Gasteiger charge is 2.17. The Kier molecular flexibility index (Phi) is 4.58. The molecular weight excluding hydrogens is 277 g/mol. The van der Waals surface area contributed by atoms with Crippen LogP contribution in [0.15, 0.2) is 18.2 Å². The maximum Gasteiger partial charge on any atom is 0.254 e. The molecule has 1 heterocycles. The van der Waals surface area contributed by atoms with E-state index in [0.717, 1.165) is 6.07 Å². The molecule has 21 heavy (non-hydrogen) atoms. The molecule has 7 nitrogen and oxygen atoms in total. The average molecular weight is 289 g/mol. The van der Waals surface area contributed by atoms with Gasteiger partial charge in [-0.25, -0.2) is 4.39 Å². The van der Waals surface area contributed by atoms with Crippen LogP contribution in [0, 0.1) is 17.7 Å². The van der Waals surface area contributed by atoms with Crippen molar-refractivity contribution in [2.24, 2.45) is 0 Å². The zero-order valence-electron chi connectivity index (χ0n) is 11.1. The monoisotopic (exact) mass is 289 g/mol. The number of carbonyl (C=O) groups is 1. The number of aromatic amines is 1. The van der Waals surface area contributed by atoms with Crippen LogP contribution < -0.4 is 5.32 Å². The topological polar surface area (TPSA) is 104 Å². The van der Waals surface area contributed by atoms with E-state index in [2.05, 4.69) is 37.8 Å². The largest absolute Gasteiger partial charge is 0.384 e. The van der Waals surface area contributed by atoms with Gasteiger partial charge in [-0.1, -0.05) is 17.1 Å². The van der Waals surface area contributed by atoms with Crippen molar-refractivity contribution in [3.05, 3.63) is 41.0 Å². The van der Waals surface area contributed by atoms with Gasteiger partial charge in [0, 0.05) is 5.56 Å². The van der Waals surface area contributed by atoms with Gasteiger partial charge in [-0.3, -0.25) is 4.79 Å². The molecule has 0 bridgehead atoms. The normalized spacial score (nSPS) is 11.4. The van der Waals surface area contributed by atoms with Crippen LogP contribution in [0.5, 0.6) is 0 Å². The third kappa shape index (κ3) is 3.61. The van der Waals surface area contributed by atoms with Gasteiger partial charge >= 0.3 is 0 Å². The molecule has 1 aromatic heterocycles. The predicted octanol–water partition coefficient (Wildman–Crippen LogP) is 0.174. The summed E-state index contributed by atoms with van der Waals surface area (Å²) in [5, 5.41) is 24.3. The number of H-pyrrole nitrogens is 1. The first kappa shape index (κ1) is 14.6. The van der Waals surface area contributed by atoms with E-state index >= 15 is 0 Å². The Balaban J connectivity index is 2.12. The maximum atomic E-state index is 13.9. The highest BCUT2D eigenvalue weighted by atomic mass is 19.1. The lowest BCUT2D eigenvalue weighted by Gasteiger charge is -2.10. The maximum absolute atomic E-state index is 13.9. The van der Waals surface area contributed by atoms with Crippen molar-refractivity contribution in [1.29, 1.82) is 0 Å². The SMILES string of the molecule is CC(NC(=O)c1ccc(C#CCO)cc1F)c1nn[nH]n1. The number of aromatic nitrogens is 4. The van der Waals surface area contributed by atoms with Gasteiger partial charge in [0.2, 0.25) is 0 Å². The number of hydrogen-bond donors (Lipinski definition) is 3. The molecule has 0 saturated heterocycles. The fourth-order valence-corrected chi connectivity index (χ4v) is 1.61. The summed E-state index contributed by atoms with van der Waals surface area (Å²) in [4.78, 5) is 12.0. The lowest BCUT2D eigenvalue weighted by molar-refractivity contribution is 0.0934. The van der Waals surface area contributed by atoms with E-state index in [4.69, 9.17) is 5.11 Å². The van der Waals surface area contributed by atoms with Crippen molar-refractivity contribution in [3.63, 3.8) is 0 Å². The van der Waals surface area contributed by atoms with Crippen molar-refractivity contribution in [2.45, 2.75) is 13.0 Å². The van der Waals surface area contributed by atoms with E-state index in [1.54, 1.807) is 6.92 Å². The van der Waals surface area contributed by atoms with Crippen LogP contribution in [0.2, 0.25) is 0 Å². The van der Waals surface area contributed by atoms with Gasteiger partial charge < -0.3 is 10.4 Å². The van der Waals surface area contributed by atoms with E-state index < -0.39 is 17.8 Å². The zero-order valence-corrected chi connectivity index (χ0v) is 11.1. The first-order valence-electron chi connectivity index (χ1n) is 6.05. The number of benzene rings is 1. The molecule has 0 fully saturated rings. The minimum atomic E-state index is -0.697. The number of hydrogen-bond acceptors (Lipinski definition) is 5. The molecule has 0 aliphatic heterocycles. The number of nitrogens with zero attached hydrogens (tertiary/aromatic N) is 3. The number of amides is 1. The number of carbonyl (C=O) groups excluding carboxylic acids is 1. The first-order chi connectivity index (χ1) is 10.1. The molecule has 2 aromatic rings. The van der Waals surface area contributed by atoms with Gasteiger partial charge in [0.25, 0.3) is 5.91 Å². The summed E-state index contributed by atoms with van der Waals surface area (Å²) in [7, 11) is 0. The lowest BCUT2D eigenvalue weighted by atomic mass is 10.1. The van der Waals surface area contributed by atoms with Gasteiger partial charge in [-0.05, 0) is 25.1 Å². The Hall–Kier alpha value is -2.79. The number of aliphatic hydroxyl groups is 1. The van der Waals surface area contributed by atoms with Crippen LogP contribution in [0.3, 0.4) is 0 Å². The van der Waals surface area contributed by atoms with Crippen molar-refractivity contribution in [1.82, 2.24) is 25.9 Å². The zero-order chi connectivity index (χ0) is 15.2. The minimum absolute atomic E-state index is 0.111. The number of halogens is 1. The van der Waals surface area contributed by atoms with Crippen LogP contribution in [-0.2, 0) is 0 Å². The molecule has 1 unspecified atom stereocenters. The molecule has 0 radical (unpaired) electrons. The van der Waals surface area contributed by atoms with Crippen LogP contribution >= 0.6 is 0 Å². The standard InChI is InChI=1S/C13H12FN5O2/c1-8(12-16-18-19-17-12)15-13(21)10-5-4-9(3-2-6-20)7-11(10)14/h4-5,7-8,20H,6H2,1H3,(H,15,21)(H,16,17,18,19). The summed E-state index contributed by atoms with van der Waals surface area (Å²) < 4.78 is 13.9. The van der Waals surface area contributed by atoms with Gasteiger partial charge in [0.05, 0.1) is 11.6 Å². The Labute approximate surface area is 119 Å². The van der Waals surface area contributed by atoms with Gasteiger partial charge in [-0.2, -0.15) is 5.21 Å². The number of tetrazole rings is 1. The third-order valence-electron chi connectivity index (χ3n) is 2.62. The van der Waals surface area contributed by atoms with Crippen LogP contribution in [-0.4, -0.2) is 38.2 Å². The molecule has 3 N–H and O–H groups in total. The second kappa shape index (κ2) is 6.58. The minimum Gasteiger partial charge on any atom is -0.384 e. The Morgan fingerprint density at radius 3 is 3.00 bits per heavy atom. The summed E-state index contributed by atoms with van der Waals surface area (Å²) in [6, 6.07) is 3.45. The predicted molar refractivity (Wildman–Crippen MR) is 70.4 cm³/mol. The second-order valence-electron chi connectivity index (χ2n) is 4.12. The van der Waals surface area contributed by atoms with Crippen molar-refractivity contribution in [2.75, 3.05) is 6.61 Å². The van der Waals surface area contributed by atoms with Crippen molar-refractivity contribution < 1.29 is 14.3 Å². The first-order valence-corrected chi connectivity index (χ1v) is 6.05. The number of rotatable bonds is 3. The van der Waals surface area contributed by atoms with E-state index in [1.165, 1.54) is 12.1 Å². The van der Waals surface area contributed by atoms with Crippen molar-refractivity contribution >= 4 is 5.91 Å². The lowest BCUT2D eigenvalue weighted by Crippen LogP contribution is -2.28. The van der Waals surface area contributed by atoms with E-state index in [1.807, 2.05) is 0 Å². The molecule has 1 aromatic carbocycles. The van der Waals surface area contributed by atoms with Gasteiger partial charge in [0.15, 0.2) is 5.82 Å². The quantitative estimate of drug-likeness (QED) is 0.699. The molecular formula is C13H12FN5O2. The Morgan fingerprint density at radius 2 is 2.38 bits per heavy atom. The summed E-state index contributed by atoms with van der Waals surface area (Å²) in [6.07, 6.45) is 0. The fraction of sp³-hybridized carbons (Fsp3) is 0.231. The summed E-state index contributed by atoms with van der Waals surface area (Å²) in [5.74, 6) is 3.98.